The van der Waals surface area contributed by atoms with E-state index in [4.69, 9.17) is 10.5 Å². The molecule has 0 radical (unpaired) electrons. The van der Waals surface area contributed by atoms with Crippen LogP contribution in [0, 0.1) is 5.41 Å². The first-order chi connectivity index (χ1) is 8.92. The molecule has 5 heteroatoms. The highest BCUT2D eigenvalue weighted by Crippen LogP contribution is 2.20. The molecule has 1 fully saturated rings. The van der Waals surface area contributed by atoms with Gasteiger partial charge in [0.1, 0.15) is 0 Å². The Bertz CT molecular complexity index is 276. The van der Waals surface area contributed by atoms with Gasteiger partial charge in [0.2, 0.25) is 5.91 Å². The second-order valence-electron chi connectivity index (χ2n) is 6.13. The van der Waals surface area contributed by atoms with Crippen LogP contribution in [-0.4, -0.2) is 42.9 Å². The number of hydrogen-bond donors (Lipinski definition) is 3. The first kappa shape index (κ1) is 16.4. The number of primary amides is 1. The van der Waals surface area contributed by atoms with Gasteiger partial charge in [-0.3, -0.25) is 4.79 Å². The van der Waals surface area contributed by atoms with Gasteiger partial charge in [-0.15, -0.1) is 0 Å². The Balaban J connectivity index is 2.10. The Morgan fingerprint density at radius 2 is 2.05 bits per heavy atom. The number of ether oxygens (including phenoxy) is 1. The standard InChI is InChI=1S/C14H28N2O3/c1-14(2,13(15)18)10-16-8-11(17)9-19-12-6-4-3-5-7-12/h11-12,16-17H,3-10H2,1-2H3,(H2,15,18). The van der Waals surface area contributed by atoms with Crippen LogP contribution < -0.4 is 11.1 Å². The summed E-state index contributed by atoms with van der Waals surface area (Å²) in [5.74, 6) is -0.340. The molecule has 0 saturated heterocycles. The molecule has 0 bridgehead atoms. The summed E-state index contributed by atoms with van der Waals surface area (Å²) >= 11 is 0. The molecule has 4 N–H and O–H groups in total. The molecule has 0 heterocycles. The van der Waals surface area contributed by atoms with Crippen LogP contribution in [0.4, 0.5) is 0 Å². The molecular formula is C14H28N2O3. The van der Waals surface area contributed by atoms with E-state index in [1.165, 1.54) is 19.3 Å². The number of nitrogens with one attached hydrogen (secondary N) is 1. The maximum atomic E-state index is 11.1. The molecule has 1 rings (SSSR count). The number of aliphatic hydroxyl groups is 1. The van der Waals surface area contributed by atoms with Crippen LogP contribution >= 0.6 is 0 Å². The fourth-order valence-corrected chi connectivity index (χ4v) is 2.18. The van der Waals surface area contributed by atoms with Gasteiger partial charge in [0.15, 0.2) is 0 Å². The zero-order valence-electron chi connectivity index (χ0n) is 12.2. The summed E-state index contributed by atoms with van der Waals surface area (Å²) in [6.07, 6.45) is 5.74. The average molecular weight is 272 g/mol. The van der Waals surface area contributed by atoms with Gasteiger partial charge in [-0.05, 0) is 26.7 Å². The van der Waals surface area contributed by atoms with Crippen molar-refractivity contribution in [2.45, 2.75) is 58.2 Å². The fraction of sp³-hybridized carbons (Fsp3) is 0.929. The Hall–Kier alpha value is -0.650. The van der Waals surface area contributed by atoms with Crippen LogP contribution in [0.1, 0.15) is 46.0 Å². The topological polar surface area (TPSA) is 84.6 Å². The van der Waals surface area contributed by atoms with Gasteiger partial charge in [-0.1, -0.05) is 19.3 Å². The van der Waals surface area contributed by atoms with E-state index < -0.39 is 11.5 Å². The van der Waals surface area contributed by atoms with Crippen molar-refractivity contribution in [2.75, 3.05) is 19.7 Å². The Morgan fingerprint density at radius 1 is 1.42 bits per heavy atom. The molecule has 1 aliphatic carbocycles. The minimum absolute atomic E-state index is 0.311. The predicted octanol–water partition coefficient (Wildman–Crippen LogP) is 0.798. The predicted molar refractivity (Wildman–Crippen MR) is 74.7 cm³/mol. The van der Waals surface area contributed by atoms with E-state index >= 15 is 0 Å². The van der Waals surface area contributed by atoms with Crippen molar-refractivity contribution < 1.29 is 14.6 Å². The fourth-order valence-electron chi connectivity index (χ4n) is 2.18. The molecule has 0 aliphatic heterocycles. The van der Waals surface area contributed by atoms with Crippen molar-refractivity contribution in [3.05, 3.63) is 0 Å². The molecule has 5 nitrogen and oxygen atoms in total. The maximum Gasteiger partial charge on any atom is 0.224 e. The maximum absolute atomic E-state index is 11.1. The third-order valence-electron chi connectivity index (χ3n) is 3.69. The molecule has 1 aliphatic rings. The minimum Gasteiger partial charge on any atom is -0.389 e. The number of carbonyl (C=O) groups excluding carboxylic acids is 1. The van der Waals surface area contributed by atoms with Crippen LogP contribution in [0.2, 0.25) is 0 Å². The number of rotatable bonds is 8. The first-order valence-corrected chi connectivity index (χ1v) is 7.22. The van der Waals surface area contributed by atoms with Crippen LogP contribution in [-0.2, 0) is 9.53 Å². The smallest absolute Gasteiger partial charge is 0.224 e. The van der Waals surface area contributed by atoms with Gasteiger partial charge in [0.05, 0.1) is 24.2 Å². The summed E-state index contributed by atoms with van der Waals surface area (Å²) in [7, 11) is 0. The third kappa shape index (κ3) is 6.36. The summed E-state index contributed by atoms with van der Waals surface area (Å²) in [5, 5.41) is 12.9. The summed E-state index contributed by atoms with van der Waals surface area (Å²) in [4.78, 5) is 11.1. The molecule has 1 unspecified atom stereocenters. The van der Waals surface area contributed by atoms with Crippen molar-refractivity contribution >= 4 is 5.91 Å². The van der Waals surface area contributed by atoms with Gasteiger partial charge in [-0.2, -0.15) is 0 Å². The largest absolute Gasteiger partial charge is 0.389 e. The first-order valence-electron chi connectivity index (χ1n) is 7.22. The monoisotopic (exact) mass is 272 g/mol. The molecule has 1 saturated carbocycles. The molecule has 112 valence electrons. The summed E-state index contributed by atoms with van der Waals surface area (Å²) in [5.41, 5.74) is 4.68. The van der Waals surface area contributed by atoms with Crippen LogP contribution in [0.5, 0.6) is 0 Å². The van der Waals surface area contributed by atoms with E-state index in [2.05, 4.69) is 5.32 Å². The van der Waals surface area contributed by atoms with Crippen LogP contribution in [0.3, 0.4) is 0 Å². The Labute approximate surface area is 115 Å². The highest BCUT2D eigenvalue weighted by Gasteiger charge is 2.24. The molecule has 1 amide bonds. The highest BCUT2D eigenvalue weighted by molar-refractivity contribution is 5.80. The van der Waals surface area contributed by atoms with Crippen molar-refractivity contribution in [3.63, 3.8) is 0 Å². The van der Waals surface area contributed by atoms with Crippen LogP contribution in [0.25, 0.3) is 0 Å². The minimum atomic E-state index is -0.593. The van der Waals surface area contributed by atoms with Crippen molar-refractivity contribution in [2.24, 2.45) is 11.1 Å². The Morgan fingerprint density at radius 3 is 2.63 bits per heavy atom. The summed E-state index contributed by atoms with van der Waals surface area (Å²) in [6.45, 7) is 4.81. The van der Waals surface area contributed by atoms with Crippen LogP contribution in [0.15, 0.2) is 0 Å². The van der Waals surface area contributed by atoms with Gasteiger partial charge >= 0.3 is 0 Å². The van der Waals surface area contributed by atoms with E-state index in [1.54, 1.807) is 13.8 Å². The van der Waals surface area contributed by atoms with Crippen molar-refractivity contribution in [3.8, 4) is 0 Å². The summed E-state index contributed by atoms with van der Waals surface area (Å²) in [6, 6.07) is 0. The number of hydrogen-bond acceptors (Lipinski definition) is 4. The van der Waals surface area contributed by atoms with Gasteiger partial charge in [0, 0.05) is 13.1 Å². The van der Waals surface area contributed by atoms with E-state index in [0.717, 1.165) is 12.8 Å². The Kier molecular flexibility index (Phi) is 6.75. The molecule has 1 atom stereocenters. The lowest BCUT2D eigenvalue weighted by Crippen LogP contribution is -2.43. The normalized spacial score (nSPS) is 19.3. The SMILES string of the molecule is CC(C)(CNCC(O)COC1CCCCC1)C(N)=O. The number of aliphatic hydroxyl groups excluding tert-OH is 1. The molecule has 0 aromatic heterocycles. The lowest BCUT2D eigenvalue weighted by Gasteiger charge is -2.25. The highest BCUT2D eigenvalue weighted by atomic mass is 16.5. The van der Waals surface area contributed by atoms with Crippen molar-refractivity contribution in [1.29, 1.82) is 0 Å². The molecular weight excluding hydrogens is 244 g/mol. The second-order valence-corrected chi connectivity index (χ2v) is 6.13. The van der Waals surface area contributed by atoms with Gasteiger partial charge in [-0.25, -0.2) is 0 Å². The third-order valence-corrected chi connectivity index (χ3v) is 3.69. The number of carbonyl (C=O) groups is 1. The zero-order chi connectivity index (χ0) is 14.3. The number of nitrogens with two attached hydrogens (primary N) is 1. The molecule has 19 heavy (non-hydrogen) atoms. The lowest BCUT2D eigenvalue weighted by molar-refractivity contribution is -0.125. The van der Waals surface area contributed by atoms with E-state index in [0.29, 0.717) is 25.8 Å². The molecule has 0 aromatic rings. The second kappa shape index (κ2) is 7.82. The average Bonchev–Trinajstić information content (AvgIpc) is 2.37. The number of amides is 1. The van der Waals surface area contributed by atoms with Gasteiger partial charge < -0.3 is 20.9 Å². The zero-order valence-corrected chi connectivity index (χ0v) is 12.2. The van der Waals surface area contributed by atoms with Gasteiger partial charge in [0.25, 0.3) is 0 Å². The lowest BCUT2D eigenvalue weighted by atomic mass is 9.93. The van der Waals surface area contributed by atoms with E-state index in [9.17, 15) is 9.90 Å². The molecule has 0 aromatic carbocycles. The van der Waals surface area contributed by atoms with E-state index in [1.807, 2.05) is 0 Å². The van der Waals surface area contributed by atoms with E-state index in [-0.39, 0.29) is 5.91 Å². The quantitative estimate of drug-likeness (QED) is 0.610. The molecule has 0 spiro atoms. The summed E-state index contributed by atoms with van der Waals surface area (Å²) < 4.78 is 5.69. The van der Waals surface area contributed by atoms with Crippen molar-refractivity contribution in [1.82, 2.24) is 5.32 Å².